The monoisotopic (exact) mass is 542 g/mol. The maximum Gasteiger partial charge on any atom is 0.275 e. The number of ether oxygens (including phenoxy) is 3. The Morgan fingerprint density at radius 2 is 1.68 bits per heavy atom. The fourth-order valence-electron chi connectivity index (χ4n) is 4.61. The fraction of sp³-hybridized carbons (Fsp3) is 0.179. The number of nitrogens with zero attached hydrogens (tertiary/aromatic N) is 4. The van der Waals surface area contributed by atoms with Gasteiger partial charge in [0.15, 0.2) is 5.82 Å². The highest BCUT2D eigenvalue weighted by atomic mass is 16.6. The van der Waals surface area contributed by atoms with Crippen LogP contribution in [0, 0.1) is 10.1 Å². The number of carbonyl (C=O) groups excluding carboxylic acids is 1. The molecule has 0 saturated heterocycles. The standard InChI is InChI=1S/C28H26N6O6/c1-16-24(27(35)30-21-10-6-8-12-23(21)40-4)25(20-9-5-7-11-22(20)34(36)37)33-28(29-16)31-26(32-33)17-13-18(38-2)15-19(14-17)39-3/h5-15,25H,1-4H3,(H,30,35)(H,29,31,32). The molecule has 1 aliphatic rings. The number of hydrogen-bond donors (Lipinski definition) is 2. The maximum absolute atomic E-state index is 13.8. The summed E-state index contributed by atoms with van der Waals surface area (Å²) in [5, 5.41) is 22.8. The first-order valence-corrected chi connectivity index (χ1v) is 12.2. The summed E-state index contributed by atoms with van der Waals surface area (Å²) in [7, 11) is 4.58. The highest BCUT2D eigenvalue weighted by Gasteiger charge is 2.38. The van der Waals surface area contributed by atoms with Crippen molar-refractivity contribution in [2.75, 3.05) is 32.0 Å². The van der Waals surface area contributed by atoms with Crippen LogP contribution in [0.3, 0.4) is 0 Å². The molecule has 12 heteroatoms. The number of carbonyl (C=O) groups is 1. The van der Waals surface area contributed by atoms with Gasteiger partial charge in [-0.2, -0.15) is 4.98 Å². The smallest absolute Gasteiger partial charge is 0.275 e. The number of methoxy groups -OCH3 is 3. The van der Waals surface area contributed by atoms with Gasteiger partial charge in [0.05, 0.1) is 43.1 Å². The lowest BCUT2D eigenvalue weighted by Crippen LogP contribution is -2.32. The molecule has 1 aromatic heterocycles. The van der Waals surface area contributed by atoms with Crippen molar-refractivity contribution in [1.29, 1.82) is 0 Å². The molecule has 0 aliphatic carbocycles. The predicted octanol–water partition coefficient (Wildman–Crippen LogP) is 4.81. The second kappa shape index (κ2) is 10.8. The van der Waals surface area contributed by atoms with Crippen molar-refractivity contribution in [1.82, 2.24) is 14.8 Å². The van der Waals surface area contributed by atoms with Crippen molar-refractivity contribution in [2.45, 2.75) is 13.0 Å². The van der Waals surface area contributed by atoms with Crippen LogP contribution in [0.15, 0.2) is 78.0 Å². The molecular weight excluding hydrogens is 516 g/mol. The van der Waals surface area contributed by atoms with Crippen molar-refractivity contribution in [2.24, 2.45) is 0 Å². The molecule has 1 amide bonds. The van der Waals surface area contributed by atoms with Gasteiger partial charge in [0.1, 0.15) is 23.3 Å². The van der Waals surface area contributed by atoms with Gasteiger partial charge in [-0.1, -0.05) is 24.3 Å². The third-order valence-corrected chi connectivity index (χ3v) is 6.49. The number of anilines is 2. The number of fused-ring (bicyclic) bond motifs is 1. The number of nitrogens with one attached hydrogen (secondary N) is 2. The van der Waals surface area contributed by atoms with Crippen LogP contribution in [0.2, 0.25) is 0 Å². The van der Waals surface area contributed by atoms with Gasteiger partial charge in [-0.25, -0.2) is 4.68 Å². The van der Waals surface area contributed by atoms with Crippen LogP contribution >= 0.6 is 0 Å². The molecule has 40 heavy (non-hydrogen) atoms. The van der Waals surface area contributed by atoms with Crippen LogP contribution in [-0.2, 0) is 4.79 Å². The van der Waals surface area contributed by atoms with E-state index in [2.05, 4.69) is 15.6 Å². The van der Waals surface area contributed by atoms with Crippen LogP contribution in [0.1, 0.15) is 18.5 Å². The van der Waals surface area contributed by atoms with Crippen LogP contribution in [0.5, 0.6) is 17.2 Å². The number of nitro benzene ring substituents is 1. The number of hydrogen-bond acceptors (Lipinski definition) is 9. The highest BCUT2D eigenvalue weighted by molar-refractivity contribution is 6.06. The zero-order chi connectivity index (χ0) is 28.4. The van der Waals surface area contributed by atoms with Crippen LogP contribution in [-0.4, -0.2) is 46.9 Å². The summed E-state index contributed by atoms with van der Waals surface area (Å²) in [5.41, 5.74) is 1.86. The van der Waals surface area contributed by atoms with Gasteiger partial charge >= 0.3 is 0 Å². The molecule has 1 unspecified atom stereocenters. The fourth-order valence-corrected chi connectivity index (χ4v) is 4.61. The minimum Gasteiger partial charge on any atom is -0.497 e. The van der Waals surface area contributed by atoms with Gasteiger partial charge < -0.3 is 24.8 Å². The number of rotatable bonds is 8. The molecular formula is C28H26N6O6. The molecule has 0 fully saturated rings. The molecule has 0 radical (unpaired) electrons. The van der Waals surface area contributed by atoms with Gasteiger partial charge in [-0.3, -0.25) is 14.9 Å². The van der Waals surface area contributed by atoms with E-state index in [0.29, 0.717) is 46.0 Å². The van der Waals surface area contributed by atoms with E-state index in [-0.39, 0.29) is 16.8 Å². The lowest BCUT2D eigenvalue weighted by molar-refractivity contribution is -0.385. The highest BCUT2D eigenvalue weighted by Crippen LogP contribution is 2.41. The molecule has 1 aliphatic heterocycles. The second-order valence-corrected chi connectivity index (χ2v) is 8.84. The van der Waals surface area contributed by atoms with E-state index in [9.17, 15) is 14.9 Å². The molecule has 3 aromatic carbocycles. The average Bonchev–Trinajstić information content (AvgIpc) is 3.40. The Morgan fingerprint density at radius 3 is 2.35 bits per heavy atom. The van der Waals surface area contributed by atoms with E-state index in [0.717, 1.165) is 0 Å². The average molecular weight is 543 g/mol. The summed E-state index contributed by atoms with van der Waals surface area (Å²) in [6, 6.07) is 17.5. The lowest BCUT2D eigenvalue weighted by atomic mass is 9.93. The Labute approximate surface area is 229 Å². The summed E-state index contributed by atoms with van der Waals surface area (Å²) in [5.74, 6) is 1.68. The van der Waals surface area contributed by atoms with Gasteiger partial charge in [0, 0.05) is 23.4 Å². The van der Waals surface area contributed by atoms with Crippen LogP contribution < -0.4 is 24.8 Å². The number of aromatic nitrogens is 3. The minimum absolute atomic E-state index is 0.157. The molecule has 0 spiro atoms. The van der Waals surface area contributed by atoms with E-state index in [1.54, 1.807) is 67.6 Å². The van der Waals surface area contributed by atoms with E-state index < -0.39 is 16.9 Å². The van der Waals surface area contributed by atoms with Gasteiger partial charge in [-0.05, 0) is 37.3 Å². The number of para-hydroxylation sites is 3. The normalized spacial score (nSPS) is 14.2. The molecule has 5 rings (SSSR count). The minimum atomic E-state index is -0.971. The summed E-state index contributed by atoms with van der Waals surface area (Å²) >= 11 is 0. The summed E-state index contributed by atoms with van der Waals surface area (Å²) in [6.07, 6.45) is 0. The topological polar surface area (TPSA) is 143 Å². The Balaban J connectivity index is 1.66. The van der Waals surface area contributed by atoms with Crippen LogP contribution in [0.25, 0.3) is 11.4 Å². The first-order chi connectivity index (χ1) is 19.3. The third-order valence-electron chi connectivity index (χ3n) is 6.49. The van der Waals surface area contributed by atoms with E-state index in [4.69, 9.17) is 19.3 Å². The molecule has 1 atom stereocenters. The van der Waals surface area contributed by atoms with Crippen molar-refractivity contribution in [3.63, 3.8) is 0 Å². The molecule has 12 nitrogen and oxygen atoms in total. The van der Waals surface area contributed by atoms with Gasteiger partial charge in [-0.15, -0.1) is 5.10 Å². The number of allylic oxidation sites excluding steroid dienone is 1. The molecule has 2 N–H and O–H groups in total. The van der Waals surface area contributed by atoms with Crippen molar-refractivity contribution >= 4 is 23.2 Å². The Hall–Kier alpha value is -5.39. The van der Waals surface area contributed by atoms with E-state index in [1.165, 1.54) is 32.1 Å². The summed E-state index contributed by atoms with van der Waals surface area (Å²) in [6.45, 7) is 1.71. The largest absolute Gasteiger partial charge is 0.497 e. The molecule has 204 valence electrons. The number of nitro groups is 1. The lowest BCUT2D eigenvalue weighted by Gasteiger charge is -2.28. The van der Waals surface area contributed by atoms with Crippen molar-refractivity contribution < 1.29 is 23.9 Å². The van der Waals surface area contributed by atoms with Crippen molar-refractivity contribution in [3.05, 3.63) is 93.7 Å². The van der Waals surface area contributed by atoms with Crippen LogP contribution in [0.4, 0.5) is 17.3 Å². The molecule has 0 bridgehead atoms. The Kier molecular flexibility index (Phi) is 7.06. The van der Waals surface area contributed by atoms with E-state index >= 15 is 0 Å². The third kappa shape index (κ3) is 4.77. The zero-order valence-corrected chi connectivity index (χ0v) is 22.2. The SMILES string of the molecule is COc1cc(OC)cc(-c2nc3n(n2)C(c2ccccc2[N+](=O)[O-])C(C(=O)Nc2ccccc2OC)=C(C)N3)c1. The van der Waals surface area contributed by atoms with Crippen molar-refractivity contribution in [3.8, 4) is 28.6 Å². The Bertz CT molecular complexity index is 1620. The van der Waals surface area contributed by atoms with E-state index in [1.807, 2.05) is 0 Å². The number of benzene rings is 3. The predicted molar refractivity (Wildman–Crippen MR) is 148 cm³/mol. The first kappa shape index (κ1) is 26.2. The molecule has 0 saturated carbocycles. The first-order valence-electron chi connectivity index (χ1n) is 12.2. The number of amides is 1. The summed E-state index contributed by atoms with van der Waals surface area (Å²) in [4.78, 5) is 30.1. The van der Waals surface area contributed by atoms with Gasteiger partial charge in [0.25, 0.3) is 11.6 Å². The quantitative estimate of drug-likeness (QED) is 0.237. The summed E-state index contributed by atoms with van der Waals surface area (Å²) < 4.78 is 17.6. The molecule has 2 heterocycles. The Morgan fingerprint density at radius 1 is 1.00 bits per heavy atom. The zero-order valence-electron chi connectivity index (χ0n) is 22.2. The second-order valence-electron chi connectivity index (χ2n) is 8.84. The maximum atomic E-state index is 13.8. The molecule has 4 aromatic rings. The van der Waals surface area contributed by atoms with Gasteiger partial charge in [0.2, 0.25) is 5.95 Å².